The van der Waals surface area contributed by atoms with Crippen LogP contribution in [0, 0.1) is 0 Å². The average Bonchev–Trinajstić information content (AvgIpc) is 2.47. The summed E-state index contributed by atoms with van der Waals surface area (Å²) in [6.45, 7) is 4.11. The number of nitrogens with zero attached hydrogens (tertiary/aromatic N) is 2. The van der Waals surface area contributed by atoms with Crippen LogP contribution in [0.2, 0.25) is 0 Å². The lowest BCUT2D eigenvalue weighted by Crippen LogP contribution is -2.26. The van der Waals surface area contributed by atoms with Gasteiger partial charge in [0, 0.05) is 0 Å². The lowest BCUT2D eigenvalue weighted by molar-refractivity contribution is 1.38. The summed E-state index contributed by atoms with van der Waals surface area (Å²) in [5, 5.41) is 0. The van der Waals surface area contributed by atoms with Crippen molar-refractivity contribution < 1.29 is 0 Å². The Labute approximate surface area is 123 Å². The topological polar surface area (TPSA) is 103 Å². The smallest absolute Gasteiger partial charge is 0.223 e. The van der Waals surface area contributed by atoms with E-state index in [-0.39, 0.29) is 11.9 Å². The van der Waals surface area contributed by atoms with Gasteiger partial charge in [0.15, 0.2) is 5.96 Å². The Morgan fingerprint density at radius 1 is 0.810 bits per heavy atom. The molecule has 0 atom stereocenters. The fraction of sp³-hybridized carbons (Fsp3) is 0. The molecular formula is C16H17N5. The van der Waals surface area contributed by atoms with Crippen molar-refractivity contribution in [1.82, 2.24) is 0 Å². The molecule has 0 saturated heterocycles. The molecule has 21 heavy (non-hydrogen) atoms. The van der Waals surface area contributed by atoms with Crippen LogP contribution in [0.4, 0.5) is 5.69 Å². The lowest BCUT2D eigenvalue weighted by Gasteiger charge is -2.06. The van der Waals surface area contributed by atoms with E-state index in [9.17, 15) is 0 Å². The SMILES string of the molecule is C=C(c1ccccc1)c1ccc(N=C(N)N=C(N)N)cc1. The second-order valence-electron chi connectivity index (χ2n) is 4.40. The molecule has 0 aromatic heterocycles. The number of hydrogen-bond donors (Lipinski definition) is 3. The number of rotatable bonds is 3. The van der Waals surface area contributed by atoms with Crippen LogP contribution < -0.4 is 17.2 Å². The van der Waals surface area contributed by atoms with Crippen molar-refractivity contribution in [2.24, 2.45) is 27.2 Å². The maximum Gasteiger partial charge on any atom is 0.223 e. The fourth-order valence-electron chi connectivity index (χ4n) is 1.83. The fourth-order valence-corrected chi connectivity index (χ4v) is 1.83. The van der Waals surface area contributed by atoms with Crippen molar-refractivity contribution in [3.63, 3.8) is 0 Å². The van der Waals surface area contributed by atoms with Crippen LogP contribution in [-0.2, 0) is 0 Å². The van der Waals surface area contributed by atoms with Gasteiger partial charge in [-0.05, 0) is 28.8 Å². The van der Waals surface area contributed by atoms with Crippen molar-refractivity contribution in [2.75, 3.05) is 0 Å². The molecule has 2 aromatic carbocycles. The summed E-state index contributed by atoms with van der Waals surface area (Å²) in [4.78, 5) is 7.75. The molecule has 0 radical (unpaired) electrons. The molecule has 0 amide bonds. The summed E-state index contributed by atoms with van der Waals surface area (Å²) in [5.74, 6) is -0.102. The Balaban J connectivity index is 2.20. The van der Waals surface area contributed by atoms with Gasteiger partial charge in [-0.25, -0.2) is 4.99 Å². The number of hydrogen-bond acceptors (Lipinski definition) is 1. The van der Waals surface area contributed by atoms with Crippen LogP contribution in [0.3, 0.4) is 0 Å². The first-order valence-electron chi connectivity index (χ1n) is 6.35. The van der Waals surface area contributed by atoms with Crippen molar-refractivity contribution >= 4 is 23.2 Å². The van der Waals surface area contributed by atoms with E-state index < -0.39 is 0 Å². The maximum absolute atomic E-state index is 5.58. The lowest BCUT2D eigenvalue weighted by atomic mass is 10.00. The summed E-state index contributed by atoms with van der Waals surface area (Å²) in [5.41, 5.74) is 19.7. The molecule has 0 aliphatic rings. The monoisotopic (exact) mass is 279 g/mol. The minimum absolute atomic E-state index is 0.0182. The van der Waals surface area contributed by atoms with Gasteiger partial charge in [-0.3, -0.25) is 0 Å². The van der Waals surface area contributed by atoms with E-state index in [1.165, 1.54) is 0 Å². The zero-order valence-corrected chi connectivity index (χ0v) is 11.5. The first-order valence-corrected chi connectivity index (χ1v) is 6.35. The molecule has 0 aliphatic carbocycles. The Morgan fingerprint density at radius 2 is 1.38 bits per heavy atom. The predicted molar refractivity (Wildman–Crippen MR) is 88.1 cm³/mol. The molecule has 106 valence electrons. The zero-order chi connectivity index (χ0) is 15.2. The van der Waals surface area contributed by atoms with E-state index in [0.717, 1.165) is 16.7 Å². The molecule has 0 spiro atoms. The van der Waals surface area contributed by atoms with Crippen molar-refractivity contribution in [2.45, 2.75) is 0 Å². The second kappa shape index (κ2) is 6.38. The first kappa shape index (κ1) is 14.3. The van der Waals surface area contributed by atoms with Crippen LogP contribution in [0.5, 0.6) is 0 Å². The van der Waals surface area contributed by atoms with Gasteiger partial charge in [-0.1, -0.05) is 49.0 Å². The average molecular weight is 279 g/mol. The van der Waals surface area contributed by atoms with E-state index >= 15 is 0 Å². The van der Waals surface area contributed by atoms with Crippen LogP contribution in [0.25, 0.3) is 5.57 Å². The van der Waals surface area contributed by atoms with E-state index in [1.807, 2.05) is 54.6 Å². The molecule has 0 unspecified atom stereocenters. The van der Waals surface area contributed by atoms with Gasteiger partial charge in [-0.2, -0.15) is 4.99 Å². The maximum atomic E-state index is 5.58. The highest BCUT2D eigenvalue weighted by Gasteiger charge is 2.02. The van der Waals surface area contributed by atoms with Crippen LogP contribution in [-0.4, -0.2) is 11.9 Å². The van der Waals surface area contributed by atoms with Gasteiger partial charge in [-0.15, -0.1) is 0 Å². The number of aliphatic imine (C=N–C) groups is 2. The van der Waals surface area contributed by atoms with Gasteiger partial charge >= 0.3 is 0 Å². The molecule has 0 saturated carbocycles. The van der Waals surface area contributed by atoms with Crippen molar-refractivity contribution in [3.05, 3.63) is 72.3 Å². The highest BCUT2D eigenvalue weighted by atomic mass is 15.1. The highest BCUT2D eigenvalue weighted by Crippen LogP contribution is 2.23. The van der Waals surface area contributed by atoms with E-state index in [4.69, 9.17) is 17.2 Å². The molecule has 6 N–H and O–H groups in total. The summed E-state index contributed by atoms with van der Waals surface area (Å²) >= 11 is 0. The number of nitrogens with two attached hydrogens (primary N) is 3. The van der Waals surface area contributed by atoms with E-state index in [0.29, 0.717) is 5.69 Å². The predicted octanol–water partition coefficient (Wildman–Crippen LogP) is 1.97. The third kappa shape index (κ3) is 3.94. The molecule has 0 aliphatic heterocycles. The summed E-state index contributed by atoms with van der Waals surface area (Å²) in [7, 11) is 0. The Kier molecular flexibility index (Phi) is 4.36. The van der Waals surface area contributed by atoms with E-state index in [2.05, 4.69) is 16.6 Å². The highest BCUT2D eigenvalue weighted by molar-refractivity contribution is 5.93. The minimum Gasteiger partial charge on any atom is -0.370 e. The van der Waals surface area contributed by atoms with Crippen LogP contribution in [0.15, 0.2) is 71.2 Å². The summed E-state index contributed by atoms with van der Waals surface area (Å²) in [6.07, 6.45) is 0. The van der Waals surface area contributed by atoms with Gasteiger partial charge in [0.05, 0.1) is 5.69 Å². The zero-order valence-electron chi connectivity index (χ0n) is 11.5. The number of guanidine groups is 2. The van der Waals surface area contributed by atoms with Crippen molar-refractivity contribution in [3.8, 4) is 0 Å². The van der Waals surface area contributed by atoms with Gasteiger partial charge in [0.2, 0.25) is 5.96 Å². The quantitative estimate of drug-likeness (QED) is 0.591. The standard InChI is InChI=1S/C16H17N5/c1-11(12-5-3-2-4-6-12)13-7-9-14(10-8-13)20-16(19)21-15(17)18/h2-10H,1H2,(H6,17,18,19,20,21). The summed E-state index contributed by atoms with van der Waals surface area (Å²) in [6, 6.07) is 17.5. The second-order valence-corrected chi connectivity index (χ2v) is 4.40. The molecule has 5 nitrogen and oxygen atoms in total. The Hall–Kier alpha value is -3.08. The molecule has 0 fully saturated rings. The first-order chi connectivity index (χ1) is 10.1. The largest absolute Gasteiger partial charge is 0.370 e. The van der Waals surface area contributed by atoms with Gasteiger partial charge < -0.3 is 17.2 Å². The van der Waals surface area contributed by atoms with Crippen LogP contribution >= 0.6 is 0 Å². The third-order valence-electron chi connectivity index (χ3n) is 2.83. The molecule has 2 rings (SSSR count). The Morgan fingerprint density at radius 3 is 1.95 bits per heavy atom. The molecule has 0 bridgehead atoms. The van der Waals surface area contributed by atoms with Crippen molar-refractivity contribution in [1.29, 1.82) is 0 Å². The Bertz CT molecular complexity index is 680. The third-order valence-corrected chi connectivity index (χ3v) is 2.83. The van der Waals surface area contributed by atoms with E-state index in [1.54, 1.807) is 0 Å². The van der Waals surface area contributed by atoms with Crippen LogP contribution in [0.1, 0.15) is 11.1 Å². The van der Waals surface area contributed by atoms with Gasteiger partial charge in [0.25, 0.3) is 0 Å². The molecule has 5 heteroatoms. The minimum atomic E-state index is -0.120. The molecule has 0 heterocycles. The normalized spacial score (nSPS) is 11.0. The van der Waals surface area contributed by atoms with Gasteiger partial charge in [0.1, 0.15) is 0 Å². The summed E-state index contributed by atoms with van der Waals surface area (Å²) < 4.78 is 0. The number of benzene rings is 2. The molecule has 2 aromatic rings. The molecular weight excluding hydrogens is 262 g/mol.